The lowest BCUT2D eigenvalue weighted by molar-refractivity contribution is 0.146. The zero-order valence-electron chi connectivity index (χ0n) is 9.58. The third-order valence-corrected chi connectivity index (χ3v) is 2.64. The summed E-state index contributed by atoms with van der Waals surface area (Å²) in [7, 11) is 0. The number of benzene rings is 1. The Bertz CT molecular complexity index is 563. The van der Waals surface area contributed by atoms with Gasteiger partial charge in [-0.05, 0) is 30.7 Å². The highest BCUT2D eigenvalue weighted by Crippen LogP contribution is 2.30. The van der Waals surface area contributed by atoms with Gasteiger partial charge in [0.05, 0.1) is 5.56 Å². The quantitative estimate of drug-likeness (QED) is 0.847. The van der Waals surface area contributed by atoms with Crippen LogP contribution in [0.2, 0.25) is 0 Å². The van der Waals surface area contributed by atoms with Crippen molar-refractivity contribution in [3.8, 4) is 11.3 Å². The van der Waals surface area contributed by atoms with E-state index < -0.39 is 23.6 Å². The van der Waals surface area contributed by atoms with Gasteiger partial charge in [-0.2, -0.15) is 0 Å². The molecule has 5 heteroatoms. The van der Waals surface area contributed by atoms with Gasteiger partial charge in [-0.25, -0.2) is 13.2 Å². The molecule has 96 valence electrons. The first-order valence-electron chi connectivity index (χ1n) is 5.46. The normalized spacial score (nSPS) is 12.7. The molecule has 0 aliphatic heterocycles. The molecule has 0 saturated heterocycles. The molecular formula is C13H11F3O2. The highest BCUT2D eigenvalue weighted by atomic mass is 19.2. The topological polar surface area (TPSA) is 33.4 Å². The fraction of sp³-hybridized carbons (Fsp3) is 0.231. The van der Waals surface area contributed by atoms with Crippen LogP contribution in [0.3, 0.4) is 0 Å². The molecule has 0 bridgehead atoms. The van der Waals surface area contributed by atoms with Gasteiger partial charge in [0, 0.05) is 0 Å². The van der Waals surface area contributed by atoms with Gasteiger partial charge in [0.2, 0.25) is 0 Å². The zero-order chi connectivity index (χ0) is 13.3. The minimum Gasteiger partial charge on any atom is -0.458 e. The number of rotatable bonds is 3. The summed E-state index contributed by atoms with van der Waals surface area (Å²) in [6.07, 6.45) is -0.361. The first-order valence-corrected chi connectivity index (χ1v) is 5.46. The van der Waals surface area contributed by atoms with Crippen molar-refractivity contribution < 1.29 is 22.7 Å². The van der Waals surface area contributed by atoms with Crippen molar-refractivity contribution in [1.29, 1.82) is 0 Å². The highest BCUT2D eigenvalue weighted by Gasteiger charge is 2.18. The van der Waals surface area contributed by atoms with Crippen LogP contribution in [0.25, 0.3) is 11.3 Å². The Balaban J connectivity index is 2.43. The van der Waals surface area contributed by atoms with Crippen LogP contribution in [0, 0.1) is 17.5 Å². The van der Waals surface area contributed by atoms with Gasteiger partial charge in [0.1, 0.15) is 17.6 Å². The van der Waals surface area contributed by atoms with E-state index in [1.807, 2.05) is 0 Å². The lowest BCUT2D eigenvalue weighted by Crippen LogP contribution is -1.93. The molecule has 2 rings (SSSR count). The summed E-state index contributed by atoms with van der Waals surface area (Å²) >= 11 is 0. The molecule has 1 heterocycles. The molecule has 2 aromatic rings. The molecule has 1 aromatic heterocycles. The summed E-state index contributed by atoms with van der Waals surface area (Å²) in [5.74, 6) is -3.79. The van der Waals surface area contributed by atoms with Gasteiger partial charge >= 0.3 is 0 Å². The predicted octanol–water partition coefficient (Wildman–Crippen LogP) is 3.81. The SMILES string of the molecule is CCC(O)c1ccc(-c2ccc(F)c(F)c2F)o1. The monoisotopic (exact) mass is 256 g/mol. The maximum Gasteiger partial charge on any atom is 0.195 e. The van der Waals surface area contributed by atoms with E-state index in [9.17, 15) is 18.3 Å². The summed E-state index contributed by atoms with van der Waals surface area (Å²) < 4.78 is 44.6. The lowest BCUT2D eigenvalue weighted by atomic mass is 10.1. The number of aliphatic hydroxyl groups excluding tert-OH is 1. The maximum atomic E-state index is 13.5. The van der Waals surface area contributed by atoms with Crippen molar-refractivity contribution >= 4 is 0 Å². The fourth-order valence-corrected chi connectivity index (χ4v) is 1.59. The second kappa shape index (κ2) is 4.86. The standard InChI is InChI=1S/C13H11F3O2/c1-2-9(17)11-6-5-10(18-11)7-3-4-8(14)13(16)12(7)15/h3-6,9,17H,2H2,1H3. The average Bonchev–Trinajstić information content (AvgIpc) is 2.84. The van der Waals surface area contributed by atoms with Gasteiger partial charge in [0.15, 0.2) is 17.5 Å². The second-order valence-electron chi connectivity index (χ2n) is 3.85. The van der Waals surface area contributed by atoms with Gasteiger partial charge in [-0.15, -0.1) is 0 Å². The number of hydrogen-bond donors (Lipinski definition) is 1. The van der Waals surface area contributed by atoms with Gasteiger partial charge in [0.25, 0.3) is 0 Å². The van der Waals surface area contributed by atoms with Crippen molar-refractivity contribution in [3.05, 3.63) is 47.5 Å². The molecule has 1 aromatic carbocycles. The molecule has 2 nitrogen and oxygen atoms in total. The lowest BCUT2D eigenvalue weighted by Gasteiger charge is -2.04. The van der Waals surface area contributed by atoms with Crippen molar-refractivity contribution in [2.75, 3.05) is 0 Å². The van der Waals surface area contributed by atoms with E-state index in [-0.39, 0.29) is 17.1 Å². The largest absolute Gasteiger partial charge is 0.458 e. The molecule has 0 fully saturated rings. The fourth-order valence-electron chi connectivity index (χ4n) is 1.59. The molecule has 0 radical (unpaired) electrons. The molecular weight excluding hydrogens is 245 g/mol. The summed E-state index contributed by atoms with van der Waals surface area (Å²) in [6.45, 7) is 1.75. The minimum atomic E-state index is -1.54. The molecule has 0 aliphatic carbocycles. The first kappa shape index (κ1) is 12.7. The number of halogens is 3. The Morgan fingerprint density at radius 3 is 2.50 bits per heavy atom. The van der Waals surface area contributed by atoms with E-state index in [2.05, 4.69) is 0 Å². The Kier molecular flexibility index (Phi) is 3.43. The number of furan rings is 1. The van der Waals surface area contributed by atoms with Gasteiger partial charge in [-0.1, -0.05) is 6.92 Å². The van der Waals surface area contributed by atoms with Crippen LogP contribution in [0.4, 0.5) is 13.2 Å². The van der Waals surface area contributed by atoms with E-state index in [1.54, 1.807) is 6.92 Å². The molecule has 0 saturated carbocycles. The summed E-state index contributed by atoms with van der Waals surface area (Å²) in [4.78, 5) is 0. The van der Waals surface area contributed by atoms with Crippen molar-refractivity contribution in [3.63, 3.8) is 0 Å². The number of hydrogen-bond acceptors (Lipinski definition) is 2. The first-order chi connectivity index (χ1) is 8.54. The third kappa shape index (κ3) is 2.13. The van der Waals surface area contributed by atoms with Gasteiger partial charge in [-0.3, -0.25) is 0 Å². The smallest absolute Gasteiger partial charge is 0.195 e. The molecule has 1 atom stereocenters. The molecule has 0 amide bonds. The Labute approximate surface area is 102 Å². The van der Waals surface area contributed by atoms with Crippen LogP contribution in [0.15, 0.2) is 28.7 Å². The number of aliphatic hydroxyl groups is 1. The van der Waals surface area contributed by atoms with Crippen LogP contribution in [-0.4, -0.2) is 5.11 Å². The summed E-state index contributed by atoms with van der Waals surface area (Å²) in [5.41, 5.74) is -0.177. The average molecular weight is 256 g/mol. The minimum absolute atomic E-state index is 0.0499. The van der Waals surface area contributed by atoms with Crippen LogP contribution >= 0.6 is 0 Å². The van der Waals surface area contributed by atoms with Crippen molar-refractivity contribution in [2.24, 2.45) is 0 Å². The third-order valence-electron chi connectivity index (χ3n) is 2.64. The molecule has 0 spiro atoms. The summed E-state index contributed by atoms with van der Waals surface area (Å²) in [6, 6.07) is 4.80. The second-order valence-corrected chi connectivity index (χ2v) is 3.85. The Morgan fingerprint density at radius 2 is 1.83 bits per heavy atom. The van der Waals surface area contributed by atoms with Crippen LogP contribution in [0.5, 0.6) is 0 Å². The van der Waals surface area contributed by atoms with E-state index in [1.165, 1.54) is 12.1 Å². The summed E-state index contributed by atoms with van der Waals surface area (Å²) in [5, 5.41) is 9.54. The maximum absolute atomic E-state index is 13.5. The Morgan fingerprint density at radius 1 is 1.11 bits per heavy atom. The van der Waals surface area contributed by atoms with Crippen molar-refractivity contribution in [1.82, 2.24) is 0 Å². The van der Waals surface area contributed by atoms with E-state index in [0.717, 1.165) is 12.1 Å². The van der Waals surface area contributed by atoms with Crippen LogP contribution in [0.1, 0.15) is 25.2 Å². The zero-order valence-corrected chi connectivity index (χ0v) is 9.58. The van der Waals surface area contributed by atoms with E-state index in [4.69, 9.17) is 4.42 Å². The van der Waals surface area contributed by atoms with Gasteiger partial charge < -0.3 is 9.52 Å². The van der Waals surface area contributed by atoms with Crippen LogP contribution < -0.4 is 0 Å². The molecule has 18 heavy (non-hydrogen) atoms. The molecule has 1 N–H and O–H groups in total. The van der Waals surface area contributed by atoms with E-state index in [0.29, 0.717) is 6.42 Å². The van der Waals surface area contributed by atoms with Crippen LogP contribution in [-0.2, 0) is 0 Å². The highest BCUT2D eigenvalue weighted by molar-refractivity contribution is 5.58. The Hall–Kier alpha value is -1.75. The predicted molar refractivity (Wildman–Crippen MR) is 59.3 cm³/mol. The van der Waals surface area contributed by atoms with E-state index >= 15 is 0 Å². The van der Waals surface area contributed by atoms with Crippen molar-refractivity contribution in [2.45, 2.75) is 19.4 Å². The molecule has 1 unspecified atom stereocenters. The molecule has 0 aliphatic rings.